The summed E-state index contributed by atoms with van der Waals surface area (Å²) >= 11 is 7.20. The molecule has 3 nitrogen and oxygen atoms in total. The van der Waals surface area contributed by atoms with Gasteiger partial charge in [0.25, 0.3) is 0 Å². The Morgan fingerprint density at radius 3 is 2.62 bits per heavy atom. The van der Waals surface area contributed by atoms with Gasteiger partial charge in [0.05, 0.1) is 12.5 Å². The minimum Gasteiger partial charge on any atom is -0.362 e. The summed E-state index contributed by atoms with van der Waals surface area (Å²) in [5.41, 5.74) is 4.67. The van der Waals surface area contributed by atoms with Gasteiger partial charge in [0.15, 0.2) is 5.11 Å². The lowest BCUT2D eigenvalue weighted by Crippen LogP contribution is -2.30. The molecule has 0 unspecified atom stereocenters. The highest BCUT2D eigenvalue weighted by Gasteiger charge is 2.00. The molecule has 0 saturated heterocycles. The third-order valence-corrected chi connectivity index (χ3v) is 4.80. The average Bonchev–Trinajstić information content (AvgIpc) is 2.58. The number of thioether (sulfide) groups is 1. The number of anilines is 1. The predicted molar refractivity (Wildman–Crippen MR) is 107 cm³/mol. The van der Waals surface area contributed by atoms with Gasteiger partial charge < -0.3 is 10.6 Å². The number of nitrogens with zero attached hydrogens (tertiary/aromatic N) is 1. The Balaban J connectivity index is 1.64. The Kier molecular flexibility index (Phi) is 7.60. The minimum absolute atomic E-state index is 0.432. The van der Waals surface area contributed by atoms with Gasteiger partial charge in [0, 0.05) is 23.7 Å². The number of aryl methyl sites for hydroxylation is 1. The van der Waals surface area contributed by atoms with E-state index >= 15 is 0 Å². The molecule has 0 aromatic heterocycles. The van der Waals surface area contributed by atoms with Crippen molar-refractivity contribution in [1.29, 1.82) is 5.26 Å². The highest BCUT2D eigenvalue weighted by Crippen LogP contribution is 2.15. The van der Waals surface area contributed by atoms with E-state index in [0.29, 0.717) is 11.5 Å². The molecule has 2 aromatic rings. The van der Waals surface area contributed by atoms with Crippen LogP contribution in [-0.4, -0.2) is 17.4 Å². The first-order valence-corrected chi connectivity index (χ1v) is 9.38. The minimum atomic E-state index is 0.432. The molecule has 24 heavy (non-hydrogen) atoms. The second kappa shape index (κ2) is 9.96. The van der Waals surface area contributed by atoms with Crippen molar-refractivity contribution >= 4 is 34.8 Å². The van der Waals surface area contributed by atoms with Crippen molar-refractivity contribution in [1.82, 2.24) is 5.32 Å². The maximum atomic E-state index is 8.66. The van der Waals surface area contributed by atoms with Crippen LogP contribution in [0.2, 0.25) is 0 Å². The molecule has 0 atom stereocenters. The molecule has 0 amide bonds. The molecule has 0 heterocycles. The molecule has 124 valence electrons. The first kappa shape index (κ1) is 18.3. The van der Waals surface area contributed by atoms with E-state index in [1.807, 2.05) is 36.0 Å². The smallest absolute Gasteiger partial charge is 0.170 e. The highest BCUT2D eigenvalue weighted by atomic mass is 32.2. The molecule has 2 aromatic carbocycles. The van der Waals surface area contributed by atoms with Gasteiger partial charge in [-0.15, -0.1) is 0 Å². The summed E-state index contributed by atoms with van der Waals surface area (Å²) in [6, 6.07) is 18.4. The van der Waals surface area contributed by atoms with Gasteiger partial charge in [0.1, 0.15) is 0 Å². The summed E-state index contributed by atoms with van der Waals surface area (Å²) in [4.78, 5) is 0. The van der Waals surface area contributed by atoms with E-state index in [-0.39, 0.29) is 0 Å². The summed E-state index contributed by atoms with van der Waals surface area (Å²) < 4.78 is 0. The van der Waals surface area contributed by atoms with E-state index < -0.39 is 0 Å². The second-order valence-electron chi connectivity index (χ2n) is 5.39. The van der Waals surface area contributed by atoms with Crippen molar-refractivity contribution < 1.29 is 0 Å². The van der Waals surface area contributed by atoms with Crippen molar-refractivity contribution in [3.8, 4) is 6.07 Å². The summed E-state index contributed by atoms with van der Waals surface area (Å²) in [7, 11) is 0. The predicted octanol–water partition coefficient (Wildman–Crippen LogP) is 4.28. The van der Waals surface area contributed by atoms with Crippen LogP contribution in [0.15, 0.2) is 48.5 Å². The van der Waals surface area contributed by atoms with Gasteiger partial charge in [-0.2, -0.15) is 17.0 Å². The number of benzene rings is 2. The number of hydrogen-bond donors (Lipinski definition) is 2. The van der Waals surface area contributed by atoms with Crippen molar-refractivity contribution in [3.05, 3.63) is 65.2 Å². The van der Waals surface area contributed by atoms with Crippen molar-refractivity contribution in [2.75, 3.05) is 17.6 Å². The van der Waals surface area contributed by atoms with Gasteiger partial charge in [-0.3, -0.25) is 0 Å². The van der Waals surface area contributed by atoms with Gasteiger partial charge in [-0.05, 0) is 48.0 Å². The molecule has 0 aliphatic carbocycles. The first-order chi connectivity index (χ1) is 11.7. The standard InChI is InChI=1S/C19H21N3S2/c1-15-4-2-3-5-17(15)14-24-13-12-21-19(23)22-18-8-6-16(7-9-18)10-11-20/h2-9H,10,12-14H2,1H3,(H2,21,22,23). The van der Waals surface area contributed by atoms with Crippen LogP contribution < -0.4 is 10.6 Å². The topological polar surface area (TPSA) is 47.8 Å². The zero-order chi connectivity index (χ0) is 17.2. The van der Waals surface area contributed by atoms with Gasteiger partial charge in [-0.25, -0.2) is 0 Å². The average molecular weight is 356 g/mol. The number of hydrogen-bond acceptors (Lipinski definition) is 3. The van der Waals surface area contributed by atoms with Crippen LogP contribution in [-0.2, 0) is 12.2 Å². The zero-order valence-corrected chi connectivity index (χ0v) is 15.3. The van der Waals surface area contributed by atoms with E-state index in [2.05, 4.69) is 47.9 Å². The summed E-state index contributed by atoms with van der Waals surface area (Å²) in [6.07, 6.45) is 0.432. The fraction of sp³-hybridized carbons (Fsp3) is 0.263. The normalized spacial score (nSPS) is 10.0. The number of rotatable bonds is 7. The third-order valence-electron chi connectivity index (χ3n) is 3.55. The molecule has 2 N–H and O–H groups in total. The fourth-order valence-electron chi connectivity index (χ4n) is 2.16. The lowest BCUT2D eigenvalue weighted by Gasteiger charge is -2.11. The quantitative estimate of drug-likeness (QED) is 0.573. The Morgan fingerprint density at radius 1 is 1.17 bits per heavy atom. The van der Waals surface area contributed by atoms with Crippen LogP contribution in [0.3, 0.4) is 0 Å². The van der Waals surface area contributed by atoms with Crippen molar-refractivity contribution in [2.24, 2.45) is 0 Å². The molecule has 0 aliphatic heterocycles. The number of thiocarbonyl (C=S) groups is 1. The van der Waals surface area contributed by atoms with Crippen molar-refractivity contribution in [3.63, 3.8) is 0 Å². The largest absolute Gasteiger partial charge is 0.362 e. The molecule has 2 rings (SSSR count). The van der Waals surface area contributed by atoms with Gasteiger partial charge in [-0.1, -0.05) is 36.4 Å². The van der Waals surface area contributed by atoms with E-state index in [1.165, 1.54) is 11.1 Å². The molecule has 0 spiro atoms. The van der Waals surface area contributed by atoms with Crippen LogP contribution >= 0.6 is 24.0 Å². The Bertz CT molecular complexity index is 705. The SMILES string of the molecule is Cc1ccccc1CSCCNC(=S)Nc1ccc(CC#N)cc1. The van der Waals surface area contributed by atoms with Crippen LogP contribution in [0.5, 0.6) is 0 Å². The Hall–Kier alpha value is -2.03. The second-order valence-corrected chi connectivity index (χ2v) is 6.91. The fourth-order valence-corrected chi connectivity index (χ4v) is 3.32. The van der Waals surface area contributed by atoms with Gasteiger partial charge in [0.2, 0.25) is 0 Å². The molecule has 0 radical (unpaired) electrons. The molecule has 5 heteroatoms. The molecule has 0 saturated carbocycles. The summed E-state index contributed by atoms with van der Waals surface area (Å²) in [5, 5.41) is 15.7. The van der Waals surface area contributed by atoms with Crippen molar-refractivity contribution in [2.45, 2.75) is 19.1 Å². The lowest BCUT2D eigenvalue weighted by molar-refractivity contribution is 0.989. The molecule has 0 bridgehead atoms. The lowest BCUT2D eigenvalue weighted by atomic mass is 10.1. The maximum Gasteiger partial charge on any atom is 0.170 e. The third kappa shape index (κ3) is 6.23. The van der Waals surface area contributed by atoms with Crippen LogP contribution in [0.1, 0.15) is 16.7 Å². The first-order valence-electron chi connectivity index (χ1n) is 7.82. The molecule has 0 fully saturated rings. The van der Waals surface area contributed by atoms with Crippen LogP contribution in [0.25, 0.3) is 0 Å². The Morgan fingerprint density at radius 2 is 1.92 bits per heavy atom. The van der Waals surface area contributed by atoms with E-state index in [9.17, 15) is 0 Å². The van der Waals surface area contributed by atoms with E-state index in [4.69, 9.17) is 17.5 Å². The number of nitriles is 1. The highest BCUT2D eigenvalue weighted by molar-refractivity contribution is 7.98. The zero-order valence-electron chi connectivity index (χ0n) is 13.7. The molecular formula is C19H21N3S2. The van der Waals surface area contributed by atoms with Crippen LogP contribution in [0.4, 0.5) is 5.69 Å². The monoisotopic (exact) mass is 355 g/mol. The van der Waals surface area contributed by atoms with E-state index in [1.54, 1.807) is 0 Å². The summed E-state index contributed by atoms with van der Waals surface area (Å²) in [6.45, 7) is 2.98. The molecule has 0 aliphatic rings. The van der Waals surface area contributed by atoms with E-state index in [0.717, 1.165) is 29.3 Å². The number of nitrogens with one attached hydrogen (secondary N) is 2. The Labute approximate surface area is 153 Å². The maximum absolute atomic E-state index is 8.66. The summed E-state index contributed by atoms with van der Waals surface area (Å²) in [5.74, 6) is 2.02. The molecular weight excluding hydrogens is 334 g/mol. The van der Waals surface area contributed by atoms with Gasteiger partial charge >= 0.3 is 0 Å². The van der Waals surface area contributed by atoms with Crippen LogP contribution in [0, 0.1) is 18.3 Å².